The maximum Gasteiger partial charge on any atom is 0.416 e. The van der Waals surface area contributed by atoms with Gasteiger partial charge in [-0.1, -0.05) is 18.2 Å². The van der Waals surface area contributed by atoms with Gasteiger partial charge < -0.3 is 5.73 Å². The second-order valence-electron chi connectivity index (χ2n) is 4.34. The van der Waals surface area contributed by atoms with E-state index in [9.17, 15) is 17.4 Å². The van der Waals surface area contributed by atoms with Crippen LogP contribution >= 0.6 is 15.9 Å². The van der Waals surface area contributed by atoms with Gasteiger partial charge in [0.15, 0.2) is 0 Å². The Morgan fingerprint density at radius 3 is 2.48 bits per heavy atom. The van der Waals surface area contributed by atoms with Crippen LogP contribution in [-0.4, -0.2) is 4.21 Å². The molecule has 0 spiro atoms. The smallest absolute Gasteiger partial charge is 0.398 e. The van der Waals surface area contributed by atoms with Crippen LogP contribution in [-0.2, 0) is 22.7 Å². The van der Waals surface area contributed by atoms with Crippen LogP contribution in [0.5, 0.6) is 0 Å². The number of rotatable bonds is 3. The molecule has 0 heterocycles. The van der Waals surface area contributed by atoms with Gasteiger partial charge in [0.05, 0.1) is 22.1 Å². The molecule has 0 saturated carbocycles. The fourth-order valence-electron chi connectivity index (χ4n) is 1.75. The molecule has 0 saturated heterocycles. The maximum absolute atomic E-state index is 12.7. The molecule has 0 radical (unpaired) electrons. The van der Waals surface area contributed by atoms with E-state index in [4.69, 9.17) is 5.73 Å². The van der Waals surface area contributed by atoms with Crippen molar-refractivity contribution in [2.24, 2.45) is 0 Å². The maximum atomic E-state index is 12.7. The van der Waals surface area contributed by atoms with Crippen LogP contribution in [0.4, 0.5) is 18.9 Å². The minimum atomic E-state index is -4.45. The number of nitrogen functional groups attached to an aromatic ring is 1. The molecule has 0 aliphatic heterocycles. The predicted molar refractivity (Wildman–Crippen MR) is 80.1 cm³/mol. The molecule has 0 aliphatic carbocycles. The Bertz CT molecular complexity index is 688. The highest BCUT2D eigenvalue weighted by Gasteiger charge is 2.30. The Kier molecular flexibility index (Phi) is 4.73. The summed E-state index contributed by atoms with van der Waals surface area (Å²) < 4.78 is 50.8. The lowest BCUT2D eigenvalue weighted by atomic mass is 10.2. The summed E-state index contributed by atoms with van der Waals surface area (Å²) in [7, 11) is -1.58. The monoisotopic (exact) mass is 377 g/mol. The van der Waals surface area contributed by atoms with Crippen molar-refractivity contribution in [2.45, 2.75) is 16.8 Å². The van der Waals surface area contributed by atoms with Gasteiger partial charge in [-0.05, 0) is 45.8 Å². The van der Waals surface area contributed by atoms with Crippen LogP contribution in [0.1, 0.15) is 11.1 Å². The van der Waals surface area contributed by atoms with Crippen LogP contribution in [0.3, 0.4) is 0 Å². The standard InChI is InChI=1S/C14H11BrF3NOS/c15-13-9(3-1-6-12(13)19)8-21(20)11-5-2-4-10(7-11)14(16,17)18/h1-7H,8,19H2. The normalized spacial score (nSPS) is 13.1. The van der Waals surface area contributed by atoms with Crippen molar-refractivity contribution in [1.82, 2.24) is 0 Å². The molecule has 2 aromatic rings. The first-order valence-corrected chi connectivity index (χ1v) is 7.98. The lowest BCUT2D eigenvalue weighted by molar-refractivity contribution is -0.137. The summed E-state index contributed by atoms with van der Waals surface area (Å²) >= 11 is 3.29. The Morgan fingerprint density at radius 1 is 1.14 bits per heavy atom. The van der Waals surface area contributed by atoms with E-state index in [0.717, 1.165) is 12.1 Å². The number of benzene rings is 2. The van der Waals surface area contributed by atoms with E-state index in [-0.39, 0.29) is 10.6 Å². The van der Waals surface area contributed by atoms with Gasteiger partial charge in [-0.3, -0.25) is 4.21 Å². The molecule has 1 atom stereocenters. The zero-order chi connectivity index (χ0) is 15.6. The van der Waals surface area contributed by atoms with Gasteiger partial charge in [-0.15, -0.1) is 0 Å². The molecule has 0 fully saturated rings. The Labute approximate surface area is 130 Å². The Morgan fingerprint density at radius 2 is 1.81 bits per heavy atom. The van der Waals surface area contributed by atoms with E-state index >= 15 is 0 Å². The fraction of sp³-hybridized carbons (Fsp3) is 0.143. The first-order valence-electron chi connectivity index (χ1n) is 5.87. The average Bonchev–Trinajstić information content (AvgIpc) is 2.43. The van der Waals surface area contributed by atoms with Crippen molar-refractivity contribution in [3.63, 3.8) is 0 Å². The average molecular weight is 378 g/mol. The summed E-state index contributed by atoms with van der Waals surface area (Å²) in [5.41, 5.74) is 6.10. The van der Waals surface area contributed by atoms with Crippen molar-refractivity contribution in [1.29, 1.82) is 0 Å². The van der Waals surface area contributed by atoms with Gasteiger partial charge in [0.1, 0.15) is 0 Å². The molecule has 0 bridgehead atoms. The molecule has 0 aliphatic rings. The van der Waals surface area contributed by atoms with E-state index < -0.39 is 22.5 Å². The highest BCUT2D eigenvalue weighted by atomic mass is 79.9. The van der Waals surface area contributed by atoms with E-state index in [1.807, 2.05) is 0 Å². The van der Waals surface area contributed by atoms with Gasteiger partial charge in [-0.2, -0.15) is 13.2 Å². The first kappa shape index (κ1) is 16.0. The van der Waals surface area contributed by atoms with Crippen LogP contribution in [0, 0.1) is 0 Å². The molecule has 2 nitrogen and oxygen atoms in total. The number of nitrogens with two attached hydrogens (primary N) is 1. The van der Waals surface area contributed by atoms with Crippen molar-refractivity contribution in [2.75, 3.05) is 5.73 Å². The predicted octanol–water partition coefficient (Wildman–Crippen LogP) is 4.36. The third-order valence-corrected chi connectivity index (χ3v) is 5.14. The fourth-order valence-corrected chi connectivity index (χ4v) is 3.52. The molecular formula is C14H11BrF3NOS. The zero-order valence-corrected chi connectivity index (χ0v) is 13.1. The Hall–Kier alpha value is -1.34. The lowest BCUT2D eigenvalue weighted by Crippen LogP contribution is -2.06. The molecule has 7 heteroatoms. The highest BCUT2D eigenvalue weighted by Crippen LogP contribution is 2.31. The van der Waals surface area contributed by atoms with E-state index in [1.165, 1.54) is 12.1 Å². The minimum Gasteiger partial charge on any atom is -0.398 e. The highest BCUT2D eigenvalue weighted by molar-refractivity contribution is 9.10. The van der Waals surface area contributed by atoms with Crippen LogP contribution in [0.15, 0.2) is 51.8 Å². The van der Waals surface area contributed by atoms with Crippen molar-refractivity contribution >= 4 is 32.4 Å². The summed E-state index contributed by atoms with van der Waals surface area (Å²) in [5, 5.41) is 0. The summed E-state index contributed by atoms with van der Waals surface area (Å²) in [5.74, 6) is 0.0902. The third kappa shape index (κ3) is 3.85. The summed E-state index contributed by atoms with van der Waals surface area (Å²) in [6, 6.07) is 9.66. The molecule has 0 aromatic heterocycles. The van der Waals surface area contributed by atoms with Crippen LogP contribution < -0.4 is 5.73 Å². The Balaban J connectivity index is 2.27. The number of hydrogen-bond acceptors (Lipinski definition) is 2. The van der Waals surface area contributed by atoms with Crippen molar-refractivity contribution in [3.8, 4) is 0 Å². The van der Waals surface area contributed by atoms with E-state index in [0.29, 0.717) is 15.7 Å². The second kappa shape index (κ2) is 6.19. The van der Waals surface area contributed by atoms with Crippen molar-refractivity contribution in [3.05, 3.63) is 58.1 Å². The molecule has 21 heavy (non-hydrogen) atoms. The molecule has 2 rings (SSSR count). The number of hydrogen-bond donors (Lipinski definition) is 1. The molecule has 1 unspecified atom stereocenters. The van der Waals surface area contributed by atoms with Crippen LogP contribution in [0.25, 0.3) is 0 Å². The minimum absolute atomic E-state index is 0.0902. The van der Waals surface area contributed by atoms with Crippen LogP contribution in [0.2, 0.25) is 0 Å². The van der Waals surface area contributed by atoms with Crippen molar-refractivity contribution < 1.29 is 17.4 Å². The van der Waals surface area contributed by atoms with E-state index in [1.54, 1.807) is 18.2 Å². The summed E-state index contributed by atoms with van der Waals surface area (Å²) in [6.45, 7) is 0. The molecule has 2 aromatic carbocycles. The SMILES string of the molecule is Nc1cccc(CS(=O)c2cccc(C(F)(F)F)c2)c1Br. The number of anilines is 1. The zero-order valence-electron chi connectivity index (χ0n) is 10.7. The largest absolute Gasteiger partial charge is 0.416 e. The van der Waals surface area contributed by atoms with Gasteiger partial charge in [-0.25, -0.2) is 0 Å². The molecule has 0 amide bonds. The topological polar surface area (TPSA) is 43.1 Å². The van der Waals surface area contributed by atoms with Gasteiger partial charge in [0.25, 0.3) is 0 Å². The van der Waals surface area contributed by atoms with Gasteiger partial charge >= 0.3 is 6.18 Å². The quantitative estimate of drug-likeness (QED) is 0.807. The number of alkyl halides is 3. The first-order chi connectivity index (χ1) is 9.79. The number of halogens is 4. The third-order valence-electron chi connectivity index (χ3n) is 2.82. The van der Waals surface area contributed by atoms with Gasteiger partial charge in [0.2, 0.25) is 0 Å². The summed E-state index contributed by atoms with van der Waals surface area (Å²) in [4.78, 5) is 0.138. The summed E-state index contributed by atoms with van der Waals surface area (Å²) in [6.07, 6.45) is -4.45. The second-order valence-corrected chi connectivity index (χ2v) is 6.58. The van der Waals surface area contributed by atoms with E-state index in [2.05, 4.69) is 15.9 Å². The molecular weight excluding hydrogens is 367 g/mol. The van der Waals surface area contributed by atoms with Gasteiger partial charge in [0, 0.05) is 15.1 Å². The molecule has 112 valence electrons. The lowest BCUT2D eigenvalue weighted by Gasteiger charge is -2.10. The molecule has 2 N–H and O–H groups in total.